The third kappa shape index (κ3) is 5.91. The van der Waals surface area contributed by atoms with Crippen LogP contribution in [0.3, 0.4) is 0 Å². The summed E-state index contributed by atoms with van der Waals surface area (Å²) < 4.78 is 31.3. The van der Waals surface area contributed by atoms with E-state index in [1.54, 1.807) is 6.07 Å². The highest BCUT2D eigenvalue weighted by Crippen LogP contribution is 2.33. The van der Waals surface area contributed by atoms with E-state index in [0.29, 0.717) is 4.88 Å². The molecular weight excluding hydrogens is 586 g/mol. The van der Waals surface area contributed by atoms with Crippen LogP contribution in [0.5, 0.6) is 0 Å². The van der Waals surface area contributed by atoms with Crippen LogP contribution in [0.1, 0.15) is 39.7 Å². The molecule has 1 aliphatic rings. The Balaban J connectivity index is 1.55. The van der Waals surface area contributed by atoms with Crippen LogP contribution >= 0.6 is 27.3 Å². The van der Waals surface area contributed by atoms with Gasteiger partial charge in [0.15, 0.2) is 0 Å². The quantitative estimate of drug-likeness (QED) is 0.223. The van der Waals surface area contributed by atoms with E-state index in [1.807, 2.05) is 41.3 Å². The number of hydrogen-bond acceptors (Lipinski definition) is 11. The summed E-state index contributed by atoms with van der Waals surface area (Å²) in [5.41, 5.74) is 7.56. The van der Waals surface area contributed by atoms with Crippen LogP contribution in [-0.2, 0) is 20.0 Å². The van der Waals surface area contributed by atoms with E-state index in [0.717, 1.165) is 15.6 Å². The first kappa shape index (κ1) is 27.7. The first-order valence-electron chi connectivity index (χ1n) is 11.2. The van der Waals surface area contributed by atoms with Crippen molar-refractivity contribution < 1.29 is 27.6 Å². The van der Waals surface area contributed by atoms with Crippen LogP contribution in [0, 0.1) is 0 Å². The Labute approximate surface area is 226 Å². The van der Waals surface area contributed by atoms with Gasteiger partial charge in [0.05, 0.1) is 22.0 Å². The van der Waals surface area contributed by atoms with E-state index in [9.17, 15) is 23.4 Å². The number of rotatable bonds is 9. The van der Waals surface area contributed by atoms with E-state index in [1.165, 1.54) is 30.9 Å². The zero-order valence-electron chi connectivity index (χ0n) is 19.8. The summed E-state index contributed by atoms with van der Waals surface area (Å²) in [5, 5.41) is 25.5. The predicted octanol–water partition coefficient (Wildman–Crippen LogP) is 1.51. The Morgan fingerprint density at radius 1 is 1.27 bits per heavy atom. The molecule has 37 heavy (non-hydrogen) atoms. The van der Waals surface area contributed by atoms with Crippen LogP contribution in [0.2, 0.25) is 0 Å². The second-order valence-electron chi connectivity index (χ2n) is 8.79. The second-order valence-corrected chi connectivity index (χ2v) is 12.1. The van der Waals surface area contributed by atoms with Gasteiger partial charge in [0, 0.05) is 24.1 Å². The molecule has 4 rings (SSSR count). The normalized spacial score (nSPS) is 23.5. The topological polar surface area (TPSA) is 177 Å². The average molecular weight is 613 g/mol. The van der Waals surface area contributed by atoms with E-state index in [4.69, 9.17) is 9.92 Å². The molecule has 11 nitrogen and oxygen atoms in total. The summed E-state index contributed by atoms with van der Waals surface area (Å²) in [6.45, 7) is 1.86. The molecule has 0 radical (unpaired) electrons. The number of carbonyl (C=O) groups is 1. The number of anilines is 1. The number of nitrogens with one attached hydrogen (secondary N) is 2. The highest BCUT2D eigenvalue weighted by Gasteiger charge is 2.44. The van der Waals surface area contributed by atoms with Crippen molar-refractivity contribution >= 4 is 49.2 Å². The molecule has 0 bridgehead atoms. The molecule has 6 N–H and O–H groups in total. The van der Waals surface area contributed by atoms with Crippen molar-refractivity contribution in [1.29, 1.82) is 0 Å². The average Bonchev–Trinajstić information content (AvgIpc) is 3.46. The number of ketones is 1. The maximum absolute atomic E-state index is 13.4. The fourth-order valence-electron chi connectivity index (χ4n) is 4.06. The summed E-state index contributed by atoms with van der Waals surface area (Å²) in [6.07, 6.45) is -1.49. The number of aromatic nitrogens is 2. The lowest BCUT2D eigenvalue weighted by molar-refractivity contribution is -0.00882. The number of nitrogens with zero attached hydrogens (tertiary/aromatic N) is 2. The molecule has 1 saturated carbocycles. The Morgan fingerprint density at radius 2 is 2.03 bits per heavy atom. The molecule has 0 aliphatic heterocycles. The van der Waals surface area contributed by atoms with Crippen LogP contribution in [0.25, 0.3) is 0 Å². The van der Waals surface area contributed by atoms with Gasteiger partial charge in [0.1, 0.15) is 30.5 Å². The molecule has 0 unspecified atom stereocenters. The maximum Gasteiger partial charge on any atom is 0.335 e. The minimum atomic E-state index is -4.09. The van der Waals surface area contributed by atoms with Gasteiger partial charge in [-0.15, -0.1) is 11.3 Å². The molecule has 0 saturated heterocycles. The van der Waals surface area contributed by atoms with Crippen molar-refractivity contribution in [3.63, 3.8) is 0 Å². The van der Waals surface area contributed by atoms with Crippen molar-refractivity contribution in [2.45, 2.75) is 43.2 Å². The Morgan fingerprint density at radius 3 is 2.73 bits per heavy atom. The van der Waals surface area contributed by atoms with Gasteiger partial charge in [-0.3, -0.25) is 8.98 Å². The van der Waals surface area contributed by atoms with E-state index < -0.39 is 40.2 Å². The second kappa shape index (κ2) is 10.8. The number of thiophene rings is 1. The van der Waals surface area contributed by atoms with Gasteiger partial charge in [-0.2, -0.15) is 13.1 Å². The number of carbonyl (C=O) groups excluding carboxylic acids is 1. The molecule has 0 spiro atoms. The lowest BCUT2D eigenvalue weighted by Gasteiger charge is -2.24. The molecule has 0 amide bonds. The van der Waals surface area contributed by atoms with E-state index in [2.05, 4.69) is 31.2 Å². The summed E-state index contributed by atoms with van der Waals surface area (Å²) in [7, 11) is -2.92. The fraction of sp³-hybridized carbons (Fsp3) is 0.348. The monoisotopic (exact) mass is 611 g/mol. The van der Waals surface area contributed by atoms with Crippen LogP contribution in [-0.4, -0.2) is 65.8 Å². The highest BCUT2D eigenvalue weighted by molar-refractivity contribution is 9.10. The minimum absolute atomic E-state index is 0.0534. The SMILES string of the molecule is CNS(=O)(=O)O[C@@H]1C[C@@H](Nc2ncncc2C(=O)c2cc([C@](C)(N)c3cccc(Br)c3)cs2)[C@H](O)[C@H]1O. The summed E-state index contributed by atoms with van der Waals surface area (Å²) in [4.78, 5) is 21.9. The van der Waals surface area contributed by atoms with Crippen molar-refractivity contribution in [2.24, 2.45) is 5.73 Å². The Hall–Kier alpha value is -2.30. The third-order valence-electron chi connectivity index (χ3n) is 6.26. The van der Waals surface area contributed by atoms with Crippen molar-refractivity contribution in [2.75, 3.05) is 12.4 Å². The largest absolute Gasteiger partial charge is 0.388 e. The molecule has 1 fully saturated rings. The van der Waals surface area contributed by atoms with E-state index in [-0.39, 0.29) is 23.6 Å². The van der Waals surface area contributed by atoms with Gasteiger partial charge in [-0.25, -0.2) is 9.97 Å². The number of aliphatic hydroxyl groups is 2. The zero-order chi connectivity index (χ0) is 27.0. The van der Waals surface area contributed by atoms with Gasteiger partial charge in [0.2, 0.25) is 5.78 Å². The minimum Gasteiger partial charge on any atom is -0.388 e. The predicted molar refractivity (Wildman–Crippen MR) is 141 cm³/mol. The molecule has 2 heterocycles. The molecule has 3 aromatic rings. The summed E-state index contributed by atoms with van der Waals surface area (Å²) >= 11 is 4.69. The Bertz CT molecular complexity index is 1400. The van der Waals surface area contributed by atoms with Gasteiger partial charge >= 0.3 is 10.3 Å². The number of hydrogen-bond donors (Lipinski definition) is 5. The Kier molecular flexibility index (Phi) is 8.11. The molecule has 5 atom stereocenters. The van der Waals surface area contributed by atoms with Crippen LogP contribution < -0.4 is 15.8 Å². The number of benzene rings is 1. The van der Waals surface area contributed by atoms with Gasteiger partial charge < -0.3 is 21.3 Å². The highest BCUT2D eigenvalue weighted by atomic mass is 79.9. The number of aliphatic hydroxyl groups excluding tert-OH is 2. The standard InChI is InChI=1S/C23H26BrN5O6S2/c1-23(25,12-4-3-5-14(24)6-12)13-7-18(36-10-13)19(30)15-9-27-11-28-22(15)29-16-8-17(21(32)20(16)31)35-37(33,34)26-2/h3-7,9-11,16-17,20-21,26,31-32H,8,25H2,1-2H3,(H,27,28,29)/t16-,17-,20+,21+,23-/m1/s1. The first-order chi connectivity index (χ1) is 17.4. The van der Waals surface area contributed by atoms with Crippen molar-refractivity contribution in [1.82, 2.24) is 14.7 Å². The van der Waals surface area contributed by atoms with Crippen LogP contribution in [0.4, 0.5) is 5.82 Å². The van der Waals surface area contributed by atoms with Crippen molar-refractivity contribution in [3.05, 3.63) is 74.3 Å². The summed E-state index contributed by atoms with van der Waals surface area (Å²) in [6, 6.07) is 8.52. The summed E-state index contributed by atoms with van der Waals surface area (Å²) in [5.74, 6) is -0.228. The fourth-order valence-corrected chi connectivity index (χ4v) is 6.06. The first-order valence-corrected chi connectivity index (χ1v) is 14.2. The van der Waals surface area contributed by atoms with Crippen LogP contribution in [0.15, 0.2) is 52.7 Å². The number of nitrogens with two attached hydrogens (primary N) is 1. The van der Waals surface area contributed by atoms with Gasteiger partial charge in [-0.1, -0.05) is 28.1 Å². The molecule has 198 valence electrons. The molecule has 1 aromatic carbocycles. The lowest BCUT2D eigenvalue weighted by atomic mass is 9.87. The van der Waals surface area contributed by atoms with Crippen molar-refractivity contribution in [3.8, 4) is 0 Å². The maximum atomic E-state index is 13.4. The molecule has 2 aromatic heterocycles. The lowest BCUT2D eigenvalue weighted by Crippen LogP contribution is -2.38. The molecule has 14 heteroatoms. The molecular formula is C23H26BrN5O6S2. The molecule has 1 aliphatic carbocycles. The van der Waals surface area contributed by atoms with E-state index >= 15 is 0 Å². The zero-order valence-corrected chi connectivity index (χ0v) is 23.0. The number of halogens is 1. The van der Waals surface area contributed by atoms with Gasteiger partial charge in [-0.05, 0) is 41.6 Å². The van der Waals surface area contributed by atoms with Gasteiger partial charge in [0.25, 0.3) is 0 Å². The smallest absolute Gasteiger partial charge is 0.335 e. The third-order valence-corrected chi connectivity index (χ3v) is 8.68.